The highest BCUT2D eigenvalue weighted by atomic mass is 16.5. The van der Waals surface area contributed by atoms with Crippen LogP contribution in [0.3, 0.4) is 0 Å². The number of nitrogens with zero attached hydrogens (tertiary/aromatic N) is 1. The van der Waals surface area contributed by atoms with Gasteiger partial charge in [-0.1, -0.05) is 0 Å². The first kappa shape index (κ1) is 19.3. The smallest absolute Gasteiger partial charge is 0.254 e. The van der Waals surface area contributed by atoms with Crippen LogP contribution in [0.5, 0.6) is 17.2 Å². The van der Waals surface area contributed by atoms with E-state index >= 15 is 0 Å². The second-order valence-corrected chi connectivity index (χ2v) is 5.51. The van der Waals surface area contributed by atoms with Crippen LogP contribution in [-0.2, 0) is 4.74 Å². The molecule has 1 atom stereocenters. The molecule has 0 bridgehead atoms. The number of carbonyl (C=O) groups is 1. The monoisotopic (exact) mass is 353 g/mol. The summed E-state index contributed by atoms with van der Waals surface area (Å²) in [6.45, 7) is 8.05. The number of ether oxygens (including phenoxy) is 4. The van der Waals surface area contributed by atoms with E-state index in [0.29, 0.717) is 62.4 Å². The largest absolute Gasteiger partial charge is 0.490 e. The Bertz CT molecular complexity index is 550. The summed E-state index contributed by atoms with van der Waals surface area (Å²) in [5, 5.41) is 9.51. The van der Waals surface area contributed by atoms with E-state index in [9.17, 15) is 9.90 Å². The molecule has 0 spiro atoms. The quantitative estimate of drug-likeness (QED) is 0.767. The van der Waals surface area contributed by atoms with Crippen molar-refractivity contribution >= 4 is 5.91 Å². The van der Waals surface area contributed by atoms with Gasteiger partial charge in [0.05, 0.1) is 45.7 Å². The average Bonchev–Trinajstić information content (AvgIpc) is 2.63. The van der Waals surface area contributed by atoms with Crippen molar-refractivity contribution in [3.8, 4) is 17.2 Å². The van der Waals surface area contributed by atoms with Gasteiger partial charge in [0.15, 0.2) is 11.5 Å². The van der Waals surface area contributed by atoms with E-state index in [1.165, 1.54) is 0 Å². The van der Waals surface area contributed by atoms with Crippen molar-refractivity contribution < 1.29 is 28.8 Å². The molecule has 7 nitrogen and oxygen atoms in total. The molecule has 1 aliphatic heterocycles. The van der Waals surface area contributed by atoms with E-state index < -0.39 is 0 Å². The van der Waals surface area contributed by atoms with Gasteiger partial charge in [-0.2, -0.15) is 0 Å². The lowest BCUT2D eigenvalue weighted by Crippen LogP contribution is -2.50. The van der Waals surface area contributed by atoms with Gasteiger partial charge in [-0.3, -0.25) is 4.79 Å². The summed E-state index contributed by atoms with van der Waals surface area (Å²) in [6.07, 6.45) is 0. The lowest BCUT2D eigenvalue weighted by Gasteiger charge is -2.34. The van der Waals surface area contributed by atoms with E-state index in [1.54, 1.807) is 17.0 Å². The van der Waals surface area contributed by atoms with Gasteiger partial charge in [0.2, 0.25) is 5.75 Å². The van der Waals surface area contributed by atoms with Gasteiger partial charge in [0.25, 0.3) is 5.91 Å². The maximum Gasteiger partial charge on any atom is 0.254 e. The molecule has 1 unspecified atom stereocenters. The molecule has 0 radical (unpaired) electrons. The summed E-state index contributed by atoms with van der Waals surface area (Å²) in [5.41, 5.74) is 0.440. The zero-order valence-corrected chi connectivity index (χ0v) is 15.1. The molecule has 140 valence electrons. The number of carbonyl (C=O) groups excluding carboxylic acids is 1. The molecule has 25 heavy (non-hydrogen) atoms. The molecule has 7 heteroatoms. The second-order valence-electron chi connectivity index (χ2n) is 5.51. The van der Waals surface area contributed by atoms with Gasteiger partial charge in [-0.25, -0.2) is 0 Å². The minimum atomic E-state index is -0.348. The fourth-order valence-electron chi connectivity index (χ4n) is 2.75. The summed E-state index contributed by atoms with van der Waals surface area (Å²) in [7, 11) is 0. The molecule has 1 aliphatic rings. The summed E-state index contributed by atoms with van der Waals surface area (Å²) in [5.74, 6) is 1.27. The van der Waals surface area contributed by atoms with E-state index in [1.807, 2.05) is 20.8 Å². The number of hydrogen-bond donors (Lipinski definition) is 1. The Morgan fingerprint density at radius 1 is 1.16 bits per heavy atom. The number of morpholine rings is 1. The third-order valence-corrected chi connectivity index (χ3v) is 3.86. The van der Waals surface area contributed by atoms with E-state index in [0.717, 1.165) is 0 Å². The highest BCUT2D eigenvalue weighted by Gasteiger charge is 2.29. The normalized spacial score (nSPS) is 17.3. The van der Waals surface area contributed by atoms with E-state index in [-0.39, 0.29) is 18.6 Å². The lowest BCUT2D eigenvalue weighted by molar-refractivity contribution is -0.0184. The lowest BCUT2D eigenvalue weighted by atomic mass is 10.1. The van der Waals surface area contributed by atoms with Crippen molar-refractivity contribution in [1.29, 1.82) is 0 Å². The molecule has 1 aromatic carbocycles. The fourth-order valence-corrected chi connectivity index (χ4v) is 2.75. The van der Waals surface area contributed by atoms with Gasteiger partial charge in [-0.05, 0) is 32.9 Å². The third-order valence-electron chi connectivity index (χ3n) is 3.86. The minimum absolute atomic E-state index is 0.139. The predicted molar refractivity (Wildman–Crippen MR) is 92.7 cm³/mol. The standard InChI is InChI=1S/C18H27NO6/c1-4-23-15-9-13(10-16(24-5-2)17(15)25-6-3)18(21)19-7-8-22-12-14(19)11-20/h9-10,14,20H,4-8,11-12H2,1-3H3. The average molecular weight is 353 g/mol. The van der Waals surface area contributed by atoms with Gasteiger partial charge in [-0.15, -0.1) is 0 Å². The number of benzene rings is 1. The Balaban J connectivity index is 2.40. The van der Waals surface area contributed by atoms with Crippen LogP contribution >= 0.6 is 0 Å². The Kier molecular flexibility index (Phi) is 7.33. The molecule has 1 fully saturated rings. The molecule has 1 saturated heterocycles. The Hall–Kier alpha value is -1.99. The number of amides is 1. The summed E-state index contributed by atoms with van der Waals surface area (Å²) in [6, 6.07) is 2.99. The zero-order valence-electron chi connectivity index (χ0n) is 15.1. The molecule has 1 heterocycles. The van der Waals surface area contributed by atoms with Crippen LogP contribution in [0.2, 0.25) is 0 Å². The minimum Gasteiger partial charge on any atom is -0.490 e. The summed E-state index contributed by atoms with van der Waals surface area (Å²) in [4.78, 5) is 14.6. The van der Waals surface area contributed by atoms with Crippen molar-refractivity contribution in [2.75, 3.05) is 46.2 Å². The van der Waals surface area contributed by atoms with Crippen molar-refractivity contribution in [3.63, 3.8) is 0 Å². The van der Waals surface area contributed by atoms with Gasteiger partial charge < -0.3 is 29.0 Å². The van der Waals surface area contributed by atoms with Crippen LogP contribution in [0.1, 0.15) is 31.1 Å². The molecule has 1 amide bonds. The highest BCUT2D eigenvalue weighted by molar-refractivity contribution is 5.96. The molecule has 1 N–H and O–H groups in total. The highest BCUT2D eigenvalue weighted by Crippen LogP contribution is 2.39. The predicted octanol–water partition coefficient (Wildman–Crippen LogP) is 1.72. The van der Waals surface area contributed by atoms with Crippen LogP contribution < -0.4 is 14.2 Å². The Morgan fingerprint density at radius 3 is 2.28 bits per heavy atom. The maximum atomic E-state index is 13.0. The van der Waals surface area contributed by atoms with Crippen LogP contribution in [-0.4, -0.2) is 68.1 Å². The topological polar surface area (TPSA) is 77.5 Å². The van der Waals surface area contributed by atoms with Crippen LogP contribution in [0.4, 0.5) is 0 Å². The number of aliphatic hydroxyl groups is 1. The number of rotatable bonds is 8. The molecule has 0 aliphatic carbocycles. The van der Waals surface area contributed by atoms with Crippen LogP contribution in [0.15, 0.2) is 12.1 Å². The second kappa shape index (κ2) is 9.48. The fraction of sp³-hybridized carbons (Fsp3) is 0.611. The SMILES string of the molecule is CCOc1cc(C(=O)N2CCOCC2CO)cc(OCC)c1OCC. The van der Waals surface area contributed by atoms with E-state index in [2.05, 4.69) is 0 Å². The maximum absolute atomic E-state index is 13.0. The van der Waals surface area contributed by atoms with Crippen molar-refractivity contribution in [1.82, 2.24) is 4.90 Å². The zero-order chi connectivity index (χ0) is 18.2. The molecule has 1 aromatic rings. The first-order valence-electron chi connectivity index (χ1n) is 8.72. The van der Waals surface area contributed by atoms with Crippen molar-refractivity contribution in [2.45, 2.75) is 26.8 Å². The van der Waals surface area contributed by atoms with Gasteiger partial charge in [0, 0.05) is 12.1 Å². The van der Waals surface area contributed by atoms with Crippen molar-refractivity contribution in [2.24, 2.45) is 0 Å². The van der Waals surface area contributed by atoms with Crippen LogP contribution in [0, 0.1) is 0 Å². The summed E-state index contributed by atoms with van der Waals surface area (Å²) >= 11 is 0. The molecular weight excluding hydrogens is 326 g/mol. The number of aliphatic hydroxyl groups excluding tert-OH is 1. The summed E-state index contributed by atoms with van der Waals surface area (Å²) < 4.78 is 22.3. The number of hydrogen-bond acceptors (Lipinski definition) is 6. The molecule has 2 rings (SSSR count). The Labute approximate surface area is 148 Å². The molecule has 0 saturated carbocycles. The third kappa shape index (κ3) is 4.55. The Morgan fingerprint density at radius 2 is 1.76 bits per heavy atom. The first-order valence-corrected chi connectivity index (χ1v) is 8.72. The van der Waals surface area contributed by atoms with Crippen molar-refractivity contribution in [3.05, 3.63) is 17.7 Å². The molecule has 0 aromatic heterocycles. The van der Waals surface area contributed by atoms with Gasteiger partial charge >= 0.3 is 0 Å². The first-order chi connectivity index (χ1) is 12.2. The van der Waals surface area contributed by atoms with E-state index in [4.69, 9.17) is 18.9 Å². The molecular formula is C18H27NO6. The van der Waals surface area contributed by atoms with Crippen LogP contribution in [0.25, 0.3) is 0 Å². The van der Waals surface area contributed by atoms with Gasteiger partial charge in [0.1, 0.15) is 0 Å².